The summed E-state index contributed by atoms with van der Waals surface area (Å²) in [4.78, 5) is 21.9. The van der Waals surface area contributed by atoms with Gasteiger partial charge in [0.05, 0.1) is 4.47 Å². The maximum atomic E-state index is 13.6. The second-order valence-corrected chi connectivity index (χ2v) is 10.6. The first-order valence-electron chi connectivity index (χ1n) is 9.71. The maximum absolute atomic E-state index is 13.6. The molecule has 2 aromatic rings. The van der Waals surface area contributed by atoms with Crippen LogP contribution in [0, 0.1) is 11.8 Å². The molecule has 148 valence electrons. The van der Waals surface area contributed by atoms with E-state index in [1.807, 2.05) is 24.3 Å². The molecule has 4 atom stereocenters. The van der Waals surface area contributed by atoms with Gasteiger partial charge in [0.25, 0.3) is 5.91 Å². The quantitative estimate of drug-likeness (QED) is 0.524. The van der Waals surface area contributed by atoms with Gasteiger partial charge in [-0.1, -0.05) is 42.1 Å². The number of aromatic nitrogens is 1. The van der Waals surface area contributed by atoms with Crippen molar-refractivity contribution in [3.63, 3.8) is 0 Å². The van der Waals surface area contributed by atoms with Gasteiger partial charge in [0.1, 0.15) is 10.3 Å². The van der Waals surface area contributed by atoms with Crippen LogP contribution >= 0.6 is 43.6 Å². The van der Waals surface area contributed by atoms with Gasteiger partial charge in [-0.25, -0.2) is 4.99 Å². The van der Waals surface area contributed by atoms with Crippen LogP contribution in [0.2, 0.25) is 0 Å². The van der Waals surface area contributed by atoms with Crippen LogP contribution in [0.1, 0.15) is 29.5 Å². The van der Waals surface area contributed by atoms with Gasteiger partial charge in [0, 0.05) is 17.4 Å². The molecule has 29 heavy (non-hydrogen) atoms. The van der Waals surface area contributed by atoms with Crippen LogP contribution in [-0.2, 0) is 0 Å². The molecule has 4 aliphatic rings. The second-order valence-electron chi connectivity index (χ2n) is 7.94. The van der Waals surface area contributed by atoms with E-state index in [9.17, 15) is 4.79 Å². The zero-order valence-electron chi connectivity index (χ0n) is 15.4. The zero-order chi connectivity index (χ0) is 19.8. The first-order valence-corrected chi connectivity index (χ1v) is 12.1. The Labute approximate surface area is 189 Å². The Balaban J connectivity index is 1.50. The zero-order valence-corrected chi connectivity index (χ0v) is 19.4. The molecule has 1 fully saturated rings. The average Bonchev–Trinajstić information content (AvgIpc) is 3.36. The van der Waals surface area contributed by atoms with E-state index < -0.39 is 5.66 Å². The molecule has 0 unspecified atom stereocenters. The molecule has 1 aliphatic carbocycles. The van der Waals surface area contributed by atoms with Gasteiger partial charge >= 0.3 is 0 Å². The molecule has 1 aromatic carbocycles. The van der Waals surface area contributed by atoms with Crippen LogP contribution < -0.4 is 5.32 Å². The van der Waals surface area contributed by atoms with E-state index in [2.05, 4.69) is 70.9 Å². The first-order chi connectivity index (χ1) is 14.1. The third-order valence-electron chi connectivity index (χ3n) is 6.53. The van der Waals surface area contributed by atoms with E-state index in [0.29, 0.717) is 17.5 Å². The normalized spacial score (nSPS) is 31.7. The molecule has 1 saturated heterocycles. The molecule has 4 heterocycles. The number of aliphatic imine (C=N–C) groups is 1. The SMILES string of the molecule is O=C1c2cc(Br)c(Br)n2[C@@H]2N=C(Sc3ccccc3)N[C@@]23[C@@H]2CC=CC[C@@H]2CN13. The summed E-state index contributed by atoms with van der Waals surface area (Å²) in [7, 11) is 0. The summed E-state index contributed by atoms with van der Waals surface area (Å²) in [6.45, 7) is 0.774. The van der Waals surface area contributed by atoms with Crippen LogP contribution in [0.5, 0.6) is 0 Å². The number of rotatable bonds is 1. The number of allylic oxidation sites excluding steroid dienone is 2. The van der Waals surface area contributed by atoms with E-state index in [1.165, 1.54) is 0 Å². The van der Waals surface area contributed by atoms with Crippen LogP contribution in [0.3, 0.4) is 0 Å². The van der Waals surface area contributed by atoms with E-state index in [1.54, 1.807) is 11.8 Å². The van der Waals surface area contributed by atoms with Crippen molar-refractivity contribution in [2.75, 3.05) is 6.54 Å². The molecular formula is C21H18Br2N4OS. The number of hydrogen-bond donors (Lipinski definition) is 1. The number of hydrogen-bond acceptors (Lipinski definition) is 4. The summed E-state index contributed by atoms with van der Waals surface area (Å²) in [6, 6.07) is 12.2. The second kappa shape index (κ2) is 6.49. The maximum Gasteiger partial charge on any atom is 0.272 e. The van der Waals surface area contributed by atoms with Gasteiger partial charge < -0.3 is 14.8 Å². The van der Waals surface area contributed by atoms with Crippen molar-refractivity contribution >= 4 is 54.7 Å². The number of nitrogens with zero attached hydrogens (tertiary/aromatic N) is 3. The lowest BCUT2D eigenvalue weighted by atomic mass is 9.77. The number of halogens is 2. The predicted octanol–water partition coefficient (Wildman–Crippen LogP) is 5.01. The number of amidine groups is 1. The summed E-state index contributed by atoms with van der Waals surface area (Å²) in [5, 5.41) is 4.62. The number of fused-ring (bicyclic) bond motifs is 3. The van der Waals surface area contributed by atoms with Crippen molar-refractivity contribution in [1.82, 2.24) is 14.8 Å². The Kier molecular flexibility index (Phi) is 4.09. The Morgan fingerprint density at radius 2 is 1.97 bits per heavy atom. The fourth-order valence-corrected chi connectivity index (χ4v) is 7.13. The highest BCUT2D eigenvalue weighted by molar-refractivity contribution is 9.13. The number of thioether (sulfide) groups is 1. The third kappa shape index (κ3) is 2.45. The van der Waals surface area contributed by atoms with Crippen molar-refractivity contribution in [3.05, 3.63) is 63.3 Å². The third-order valence-corrected chi connectivity index (χ3v) is 9.39. The summed E-state index contributed by atoms with van der Waals surface area (Å²) < 4.78 is 3.82. The molecule has 0 bridgehead atoms. The molecule has 1 N–H and O–H groups in total. The first kappa shape index (κ1) is 18.3. The number of benzene rings is 1. The van der Waals surface area contributed by atoms with E-state index >= 15 is 0 Å². The molecule has 1 spiro atoms. The molecule has 8 heteroatoms. The molecule has 5 nitrogen and oxygen atoms in total. The molecule has 1 amide bonds. The Hall–Kier alpha value is -1.51. The van der Waals surface area contributed by atoms with Gasteiger partial charge in [0.15, 0.2) is 17.0 Å². The van der Waals surface area contributed by atoms with Crippen molar-refractivity contribution in [1.29, 1.82) is 0 Å². The average molecular weight is 534 g/mol. The molecule has 0 saturated carbocycles. The highest BCUT2D eigenvalue weighted by Gasteiger charge is 2.65. The van der Waals surface area contributed by atoms with E-state index in [0.717, 1.165) is 38.5 Å². The summed E-state index contributed by atoms with van der Waals surface area (Å²) >= 11 is 8.92. The van der Waals surface area contributed by atoms with Crippen molar-refractivity contribution < 1.29 is 4.79 Å². The largest absolute Gasteiger partial charge is 0.338 e. The highest BCUT2D eigenvalue weighted by atomic mass is 79.9. The molecular weight excluding hydrogens is 516 g/mol. The van der Waals surface area contributed by atoms with Gasteiger partial charge in [-0.3, -0.25) is 4.79 Å². The topological polar surface area (TPSA) is 49.6 Å². The standard InChI is InChI=1S/C21H18Br2N4OS/c22-15-10-16-18(28)26-11-12-6-4-5-9-14(12)21(26)19(27(16)17(15)23)24-20(25-21)29-13-7-2-1-3-8-13/h1-5,7-8,10,12,14,19H,6,9,11H2,(H,24,25)/t12-,14-,19+,21-/m1/s1. The Bertz CT molecular complexity index is 1080. The van der Waals surface area contributed by atoms with Crippen LogP contribution in [-0.4, -0.2) is 32.7 Å². The summed E-state index contributed by atoms with van der Waals surface area (Å²) in [6.07, 6.45) is 6.32. The molecule has 1 aromatic heterocycles. The molecule has 0 radical (unpaired) electrons. The highest BCUT2D eigenvalue weighted by Crippen LogP contribution is 2.56. The molecule has 6 rings (SSSR count). The summed E-state index contributed by atoms with van der Waals surface area (Å²) in [5.41, 5.74) is 0.171. The fraction of sp³-hybridized carbons (Fsp3) is 0.333. The lowest BCUT2D eigenvalue weighted by Gasteiger charge is -2.47. The van der Waals surface area contributed by atoms with Gasteiger partial charge in [-0.15, -0.1) is 0 Å². The van der Waals surface area contributed by atoms with E-state index in [4.69, 9.17) is 4.99 Å². The van der Waals surface area contributed by atoms with Gasteiger partial charge in [-0.2, -0.15) is 0 Å². The number of nitrogens with one attached hydrogen (secondary N) is 1. The summed E-state index contributed by atoms with van der Waals surface area (Å²) in [5.74, 6) is 0.873. The van der Waals surface area contributed by atoms with Crippen molar-refractivity contribution in [3.8, 4) is 0 Å². The van der Waals surface area contributed by atoms with Gasteiger partial charge in [0.2, 0.25) is 0 Å². The number of amides is 1. The van der Waals surface area contributed by atoms with Crippen LogP contribution in [0.15, 0.2) is 67.5 Å². The minimum atomic E-state index is -0.516. The minimum absolute atomic E-state index is 0.0794. The lowest BCUT2D eigenvalue weighted by Crippen LogP contribution is -2.65. The Morgan fingerprint density at radius 1 is 1.17 bits per heavy atom. The van der Waals surface area contributed by atoms with Crippen molar-refractivity contribution in [2.45, 2.75) is 29.6 Å². The monoisotopic (exact) mass is 532 g/mol. The lowest BCUT2D eigenvalue weighted by molar-refractivity contribution is 0.0158. The fourth-order valence-electron chi connectivity index (χ4n) is 5.34. The molecule has 3 aliphatic heterocycles. The van der Waals surface area contributed by atoms with Crippen LogP contribution in [0.4, 0.5) is 0 Å². The Morgan fingerprint density at radius 3 is 2.79 bits per heavy atom. The van der Waals surface area contributed by atoms with Crippen molar-refractivity contribution in [2.24, 2.45) is 16.8 Å². The van der Waals surface area contributed by atoms with Gasteiger partial charge in [-0.05, 0) is 68.8 Å². The van der Waals surface area contributed by atoms with Crippen LogP contribution in [0.25, 0.3) is 0 Å². The number of carbonyl (C=O) groups is 1. The smallest absolute Gasteiger partial charge is 0.272 e. The minimum Gasteiger partial charge on any atom is -0.338 e. The van der Waals surface area contributed by atoms with E-state index in [-0.39, 0.29) is 12.1 Å². The number of carbonyl (C=O) groups excluding carboxylic acids is 1. The predicted molar refractivity (Wildman–Crippen MR) is 121 cm³/mol.